The summed E-state index contributed by atoms with van der Waals surface area (Å²) in [5.74, 6) is 0.252. The van der Waals surface area contributed by atoms with Crippen LogP contribution in [-0.4, -0.2) is 23.1 Å². The molecule has 0 aliphatic carbocycles. The van der Waals surface area contributed by atoms with Gasteiger partial charge in [0, 0.05) is 13.1 Å². The fourth-order valence-corrected chi connectivity index (χ4v) is 3.58. The first kappa shape index (κ1) is 17.3. The Labute approximate surface area is 158 Å². The molecular formula is C22H21FN4. The molecule has 1 aliphatic rings. The molecule has 0 unspecified atom stereocenters. The zero-order chi connectivity index (χ0) is 18.8. The SMILES string of the molecule is Cc1ccc2nc(C(C#N)=Cc3ccc(N4CCCCC4)c(F)c3)[nH]c2c1. The molecule has 0 atom stereocenters. The zero-order valence-electron chi connectivity index (χ0n) is 15.3. The third-order valence-corrected chi connectivity index (χ3v) is 4.99. The lowest BCUT2D eigenvalue weighted by molar-refractivity contribution is 0.557. The lowest BCUT2D eigenvalue weighted by Crippen LogP contribution is -2.30. The van der Waals surface area contributed by atoms with Crippen LogP contribution in [0.2, 0.25) is 0 Å². The second-order valence-corrected chi connectivity index (χ2v) is 7.03. The third kappa shape index (κ3) is 3.56. The van der Waals surface area contributed by atoms with Gasteiger partial charge >= 0.3 is 0 Å². The number of nitriles is 1. The van der Waals surface area contributed by atoms with Gasteiger partial charge in [-0.3, -0.25) is 0 Å². The number of aromatic nitrogens is 2. The van der Waals surface area contributed by atoms with Crippen LogP contribution in [0.15, 0.2) is 36.4 Å². The van der Waals surface area contributed by atoms with E-state index in [0.29, 0.717) is 22.6 Å². The maximum absolute atomic E-state index is 14.6. The normalized spacial score (nSPS) is 15.1. The van der Waals surface area contributed by atoms with Gasteiger partial charge in [0.15, 0.2) is 0 Å². The third-order valence-electron chi connectivity index (χ3n) is 4.99. The van der Waals surface area contributed by atoms with Crippen molar-refractivity contribution in [3.8, 4) is 6.07 Å². The molecule has 1 aromatic heterocycles. The molecule has 27 heavy (non-hydrogen) atoms. The van der Waals surface area contributed by atoms with Gasteiger partial charge in [0.2, 0.25) is 0 Å². The van der Waals surface area contributed by atoms with Crippen molar-refractivity contribution in [3.63, 3.8) is 0 Å². The van der Waals surface area contributed by atoms with Crippen molar-refractivity contribution in [3.05, 3.63) is 59.2 Å². The van der Waals surface area contributed by atoms with Crippen LogP contribution in [0.25, 0.3) is 22.7 Å². The van der Waals surface area contributed by atoms with Crippen LogP contribution >= 0.6 is 0 Å². The lowest BCUT2D eigenvalue weighted by Gasteiger charge is -2.29. The number of nitrogens with zero attached hydrogens (tertiary/aromatic N) is 3. The maximum Gasteiger partial charge on any atom is 0.149 e. The van der Waals surface area contributed by atoms with Crippen LogP contribution in [0.1, 0.15) is 36.2 Å². The Hall–Kier alpha value is -3.13. The second-order valence-electron chi connectivity index (χ2n) is 7.03. The number of imidazole rings is 1. The molecule has 4 nitrogen and oxygen atoms in total. The molecule has 0 radical (unpaired) electrons. The van der Waals surface area contributed by atoms with Crippen molar-refractivity contribution in [1.82, 2.24) is 9.97 Å². The first-order chi connectivity index (χ1) is 13.1. The van der Waals surface area contributed by atoms with Crippen LogP contribution in [-0.2, 0) is 0 Å². The number of rotatable bonds is 3. The van der Waals surface area contributed by atoms with Crippen LogP contribution in [0.4, 0.5) is 10.1 Å². The molecule has 2 aromatic carbocycles. The number of nitrogens with one attached hydrogen (secondary N) is 1. The number of allylic oxidation sites excluding steroid dienone is 1. The highest BCUT2D eigenvalue weighted by Gasteiger charge is 2.15. The van der Waals surface area contributed by atoms with Crippen LogP contribution in [0.5, 0.6) is 0 Å². The highest BCUT2D eigenvalue weighted by molar-refractivity contribution is 5.90. The molecule has 0 bridgehead atoms. The number of halogens is 1. The van der Waals surface area contributed by atoms with Gasteiger partial charge in [0.25, 0.3) is 0 Å². The molecule has 0 amide bonds. The molecule has 136 valence electrons. The molecule has 0 spiro atoms. The number of fused-ring (bicyclic) bond motifs is 1. The fraction of sp³-hybridized carbons (Fsp3) is 0.273. The topological polar surface area (TPSA) is 55.7 Å². The Kier molecular flexibility index (Phi) is 4.64. The highest BCUT2D eigenvalue weighted by Crippen LogP contribution is 2.26. The molecule has 2 heterocycles. The van der Waals surface area contributed by atoms with Gasteiger partial charge in [-0.25, -0.2) is 9.37 Å². The number of hydrogen-bond donors (Lipinski definition) is 1. The fourth-order valence-electron chi connectivity index (χ4n) is 3.58. The van der Waals surface area contributed by atoms with Gasteiger partial charge in [-0.05, 0) is 67.7 Å². The summed E-state index contributed by atoms with van der Waals surface area (Å²) in [6.07, 6.45) is 5.09. The summed E-state index contributed by atoms with van der Waals surface area (Å²) in [6.45, 7) is 3.80. The molecule has 1 saturated heterocycles. The first-order valence-corrected chi connectivity index (χ1v) is 9.27. The van der Waals surface area contributed by atoms with E-state index < -0.39 is 0 Å². The average Bonchev–Trinajstić information content (AvgIpc) is 3.09. The molecule has 1 aliphatic heterocycles. The van der Waals surface area contributed by atoms with E-state index in [-0.39, 0.29) is 5.82 Å². The predicted octanol–water partition coefficient (Wildman–Crippen LogP) is 5.06. The molecule has 5 heteroatoms. The van der Waals surface area contributed by atoms with E-state index in [1.165, 1.54) is 12.5 Å². The van der Waals surface area contributed by atoms with Gasteiger partial charge in [0.1, 0.15) is 17.7 Å². The van der Waals surface area contributed by atoms with Crippen LogP contribution < -0.4 is 4.90 Å². The van der Waals surface area contributed by atoms with Crippen molar-refractivity contribution >= 4 is 28.4 Å². The molecule has 0 saturated carbocycles. The number of piperidine rings is 1. The average molecular weight is 360 g/mol. The quantitative estimate of drug-likeness (QED) is 0.664. The summed E-state index contributed by atoms with van der Waals surface area (Å²) < 4.78 is 14.6. The van der Waals surface area contributed by atoms with E-state index in [2.05, 4.69) is 20.9 Å². The Morgan fingerprint density at radius 1 is 1.19 bits per heavy atom. The van der Waals surface area contributed by atoms with E-state index >= 15 is 0 Å². The first-order valence-electron chi connectivity index (χ1n) is 9.27. The minimum absolute atomic E-state index is 0.247. The van der Waals surface area contributed by atoms with Crippen molar-refractivity contribution in [1.29, 1.82) is 5.26 Å². The van der Waals surface area contributed by atoms with E-state index in [1.54, 1.807) is 6.08 Å². The molecular weight excluding hydrogens is 339 g/mol. The van der Waals surface area contributed by atoms with Crippen LogP contribution in [0, 0.1) is 24.1 Å². The Morgan fingerprint density at radius 3 is 2.74 bits per heavy atom. The number of hydrogen-bond acceptors (Lipinski definition) is 3. The van der Waals surface area contributed by atoms with Gasteiger partial charge in [-0.15, -0.1) is 0 Å². The van der Waals surface area contributed by atoms with E-state index in [0.717, 1.165) is 42.5 Å². The molecule has 1 fully saturated rings. The van der Waals surface area contributed by atoms with Crippen molar-refractivity contribution in [2.75, 3.05) is 18.0 Å². The monoisotopic (exact) mass is 360 g/mol. The van der Waals surface area contributed by atoms with E-state index in [4.69, 9.17) is 0 Å². The molecule has 1 N–H and O–H groups in total. The standard InChI is InChI=1S/C22H21FN4/c1-15-5-7-19-20(11-15)26-22(25-19)17(14-24)12-16-6-8-21(18(23)13-16)27-9-3-2-4-10-27/h5-8,11-13H,2-4,9-10H2,1H3,(H,25,26). The van der Waals surface area contributed by atoms with Gasteiger partial charge in [-0.1, -0.05) is 12.1 Å². The summed E-state index contributed by atoms with van der Waals surface area (Å²) in [7, 11) is 0. The van der Waals surface area contributed by atoms with E-state index in [1.807, 2.05) is 37.3 Å². The summed E-state index contributed by atoms with van der Waals surface area (Å²) in [5, 5.41) is 9.57. The largest absolute Gasteiger partial charge is 0.369 e. The second kappa shape index (κ2) is 7.24. The van der Waals surface area contributed by atoms with Crippen molar-refractivity contribution in [2.24, 2.45) is 0 Å². The zero-order valence-corrected chi connectivity index (χ0v) is 15.3. The van der Waals surface area contributed by atoms with E-state index in [9.17, 15) is 9.65 Å². The van der Waals surface area contributed by atoms with Gasteiger partial charge in [-0.2, -0.15) is 5.26 Å². The number of H-pyrrole nitrogens is 1. The van der Waals surface area contributed by atoms with Crippen molar-refractivity contribution in [2.45, 2.75) is 26.2 Å². The minimum atomic E-state index is -0.247. The maximum atomic E-state index is 14.6. The summed E-state index contributed by atoms with van der Waals surface area (Å²) >= 11 is 0. The van der Waals surface area contributed by atoms with Gasteiger partial charge in [0.05, 0.1) is 22.3 Å². The predicted molar refractivity (Wildman–Crippen MR) is 107 cm³/mol. The number of benzene rings is 2. The Morgan fingerprint density at radius 2 is 2.00 bits per heavy atom. The number of aryl methyl sites for hydroxylation is 1. The van der Waals surface area contributed by atoms with Crippen LogP contribution in [0.3, 0.4) is 0 Å². The highest BCUT2D eigenvalue weighted by atomic mass is 19.1. The Balaban J connectivity index is 1.65. The number of aromatic amines is 1. The Bertz CT molecular complexity index is 1050. The molecule has 4 rings (SSSR count). The minimum Gasteiger partial charge on any atom is -0.369 e. The summed E-state index contributed by atoms with van der Waals surface area (Å²) in [6, 6.07) is 13.2. The number of anilines is 1. The molecule has 3 aromatic rings. The lowest BCUT2D eigenvalue weighted by atomic mass is 10.1. The smallest absolute Gasteiger partial charge is 0.149 e. The van der Waals surface area contributed by atoms with Crippen molar-refractivity contribution < 1.29 is 4.39 Å². The summed E-state index contributed by atoms with van der Waals surface area (Å²) in [4.78, 5) is 9.76. The van der Waals surface area contributed by atoms with Gasteiger partial charge < -0.3 is 9.88 Å². The summed E-state index contributed by atoms with van der Waals surface area (Å²) in [5.41, 5.74) is 4.50.